The number of nitrogens with zero attached hydrogens (tertiary/aromatic N) is 1. The monoisotopic (exact) mass is 815 g/mol. The third kappa shape index (κ3) is 6.89. The van der Waals surface area contributed by atoms with Crippen LogP contribution in [-0.2, 0) is 10.8 Å². The van der Waals surface area contributed by atoms with Crippen molar-refractivity contribution in [2.24, 2.45) is 0 Å². The van der Waals surface area contributed by atoms with Crippen LogP contribution in [0.25, 0.3) is 22.3 Å². The first-order valence-electron chi connectivity index (χ1n) is 22.9. The van der Waals surface area contributed by atoms with Crippen LogP contribution in [0.2, 0.25) is 0 Å². The predicted molar refractivity (Wildman–Crippen MR) is 270 cm³/mol. The molecule has 2 aliphatic carbocycles. The van der Waals surface area contributed by atoms with Gasteiger partial charge in [-0.2, -0.15) is 0 Å². The van der Waals surface area contributed by atoms with Crippen LogP contribution in [0, 0.1) is 0 Å². The van der Waals surface area contributed by atoms with Gasteiger partial charge in [-0.1, -0.05) is 242 Å². The molecule has 0 atom stereocenters. The second-order valence-electron chi connectivity index (χ2n) is 15.2. The van der Waals surface area contributed by atoms with Gasteiger partial charge < -0.3 is 4.90 Å². The number of fused-ring (bicyclic) bond motifs is 6. The van der Waals surface area contributed by atoms with Crippen LogP contribution >= 0.6 is 0 Å². The largest absolute Gasteiger partial charge is 0.311 e. The van der Waals surface area contributed by atoms with Gasteiger partial charge in [0.1, 0.15) is 0 Å². The highest BCUT2D eigenvalue weighted by Gasteiger charge is 2.47. The Morgan fingerprint density at radius 3 is 0.746 bits per heavy atom. The van der Waals surface area contributed by atoms with E-state index in [0.29, 0.717) is 0 Å². The van der Waals surface area contributed by atoms with Gasteiger partial charge in [-0.3, -0.25) is 0 Å². The number of hydrogen-bond donors (Lipinski definition) is 0. The summed E-state index contributed by atoms with van der Waals surface area (Å²) in [6.07, 6.45) is 0. The Morgan fingerprint density at radius 2 is 0.444 bits per heavy atom. The van der Waals surface area contributed by atoms with E-state index in [2.05, 4.69) is 241 Å². The quantitative estimate of drug-likeness (QED) is 0.155. The summed E-state index contributed by atoms with van der Waals surface area (Å²) in [5.41, 5.74) is 18.0. The highest BCUT2D eigenvalue weighted by atomic mass is 15.1. The lowest BCUT2D eigenvalue weighted by Crippen LogP contribution is -2.28. The number of rotatable bonds is 7. The Bertz CT molecular complexity index is 2600. The van der Waals surface area contributed by atoms with E-state index in [1.807, 2.05) is 41.5 Å². The van der Waals surface area contributed by atoms with E-state index in [9.17, 15) is 0 Å². The molecule has 1 heteroatoms. The van der Waals surface area contributed by atoms with Crippen LogP contribution in [0.4, 0.5) is 17.1 Å². The van der Waals surface area contributed by atoms with E-state index in [1.165, 1.54) is 66.8 Å². The number of anilines is 3. The highest BCUT2D eigenvalue weighted by molar-refractivity contribution is 5.88. The zero-order valence-corrected chi connectivity index (χ0v) is 37.5. The molecule has 0 N–H and O–H groups in total. The van der Waals surface area contributed by atoms with Gasteiger partial charge in [-0.05, 0) is 103 Å². The molecule has 0 spiro atoms. The summed E-state index contributed by atoms with van der Waals surface area (Å²) in [6, 6.07) is 87.1. The third-order valence-electron chi connectivity index (χ3n) is 12.4. The lowest BCUT2D eigenvalue weighted by atomic mass is 9.67. The molecule has 0 aromatic heterocycles. The van der Waals surface area contributed by atoms with Crippen LogP contribution in [0.1, 0.15) is 86.1 Å². The summed E-state index contributed by atoms with van der Waals surface area (Å²) < 4.78 is 0. The third-order valence-corrected chi connectivity index (χ3v) is 12.4. The summed E-state index contributed by atoms with van der Waals surface area (Å²) in [6.45, 7) is 12.0. The minimum absolute atomic E-state index is 0.439. The van der Waals surface area contributed by atoms with Crippen LogP contribution in [0.15, 0.2) is 237 Å². The van der Waals surface area contributed by atoms with E-state index < -0.39 is 10.8 Å². The first-order valence-corrected chi connectivity index (χ1v) is 22.9. The average Bonchev–Trinajstić information content (AvgIpc) is 3.86. The van der Waals surface area contributed by atoms with Gasteiger partial charge in [-0.25, -0.2) is 0 Å². The van der Waals surface area contributed by atoms with Gasteiger partial charge in [0.25, 0.3) is 0 Å². The zero-order chi connectivity index (χ0) is 43.8. The summed E-state index contributed by atoms with van der Waals surface area (Å²) >= 11 is 0. The molecule has 310 valence electrons. The molecular formula is C62H57N. The van der Waals surface area contributed by atoms with Crippen molar-refractivity contribution in [3.63, 3.8) is 0 Å². The van der Waals surface area contributed by atoms with E-state index in [0.717, 1.165) is 17.1 Å². The Balaban J connectivity index is 0.000000872. The molecule has 9 aromatic carbocycles. The molecule has 0 unspecified atom stereocenters. The average molecular weight is 816 g/mol. The fourth-order valence-electron chi connectivity index (χ4n) is 10.2. The smallest absolute Gasteiger partial charge is 0.0713 e. The minimum atomic E-state index is -0.439. The van der Waals surface area contributed by atoms with Crippen LogP contribution in [-0.4, -0.2) is 0 Å². The van der Waals surface area contributed by atoms with Crippen molar-refractivity contribution in [3.8, 4) is 22.3 Å². The summed E-state index contributed by atoms with van der Waals surface area (Å²) in [4.78, 5) is 2.38. The van der Waals surface area contributed by atoms with Crippen LogP contribution in [0.3, 0.4) is 0 Å². The van der Waals surface area contributed by atoms with Gasteiger partial charge in [0.05, 0.1) is 10.8 Å². The number of para-hydroxylation sites is 1. The van der Waals surface area contributed by atoms with Crippen molar-refractivity contribution in [3.05, 3.63) is 281 Å². The normalized spacial score (nSPS) is 12.9. The maximum atomic E-state index is 2.38. The molecule has 9 aromatic rings. The van der Waals surface area contributed by atoms with Gasteiger partial charge >= 0.3 is 0 Å². The maximum absolute atomic E-state index is 2.38. The fraction of sp³-hybridized carbons (Fsp3) is 0.129. The second-order valence-corrected chi connectivity index (χ2v) is 15.2. The van der Waals surface area contributed by atoms with Crippen molar-refractivity contribution >= 4 is 17.1 Å². The summed E-state index contributed by atoms with van der Waals surface area (Å²) in [5, 5.41) is 0. The molecule has 0 saturated heterocycles. The Hall–Kier alpha value is -7.22. The van der Waals surface area contributed by atoms with Gasteiger partial charge in [0.15, 0.2) is 0 Å². The van der Waals surface area contributed by atoms with Crippen molar-refractivity contribution in [2.45, 2.75) is 52.4 Å². The van der Waals surface area contributed by atoms with Gasteiger partial charge in [-0.15, -0.1) is 0 Å². The predicted octanol–water partition coefficient (Wildman–Crippen LogP) is 17.0. The molecule has 1 nitrogen and oxygen atoms in total. The number of benzene rings is 9. The van der Waals surface area contributed by atoms with E-state index in [1.54, 1.807) is 0 Å². The van der Waals surface area contributed by atoms with Crippen molar-refractivity contribution < 1.29 is 0 Å². The molecule has 0 fully saturated rings. The summed E-state index contributed by atoms with van der Waals surface area (Å²) in [5.74, 6) is 0. The molecule has 0 saturated carbocycles. The molecule has 0 aliphatic heterocycles. The first-order chi connectivity index (χ1) is 31.3. The van der Waals surface area contributed by atoms with Crippen molar-refractivity contribution in [1.29, 1.82) is 0 Å². The topological polar surface area (TPSA) is 3.24 Å². The Labute approximate surface area is 376 Å². The maximum Gasteiger partial charge on any atom is 0.0713 e. The molecule has 0 radical (unpaired) electrons. The van der Waals surface area contributed by atoms with Gasteiger partial charge in [0.2, 0.25) is 0 Å². The van der Waals surface area contributed by atoms with E-state index >= 15 is 0 Å². The highest BCUT2D eigenvalue weighted by Crippen LogP contribution is 2.58. The molecular weight excluding hydrogens is 759 g/mol. The molecule has 0 amide bonds. The lowest BCUT2D eigenvalue weighted by molar-refractivity contribution is 0.768. The lowest BCUT2D eigenvalue weighted by Gasteiger charge is -2.35. The van der Waals surface area contributed by atoms with Crippen LogP contribution in [0.5, 0.6) is 0 Å². The van der Waals surface area contributed by atoms with Crippen molar-refractivity contribution in [2.75, 3.05) is 4.90 Å². The minimum Gasteiger partial charge on any atom is -0.311 e. The standard InChI is InChI=1S/C56H39N.3C2H6/c1-4-18-40(19-5-1)55(51-28-14-10-24-47(51)48-25-11-15-29-52(48)55)42-32-36-45(37-33-42)57(44-22-8-3-9-23-44)46-38-34-43(35-39-46)56(41-20-6-2-7-21-41)53-30-16-12-26-49(53)50-27-13-17-31-54(50)56;3*1-2/h1-39H;3*1-2H3. The van der Waals surface area contributed by atoms with Crippen LogP contribution < -0.4 is 4.90 Å². The number of hydrogen-bond acceptors (Lipinski definition) is 1. The molecule has 63 heavy (non-hydrogen) atoms. The van der Waals surface area contributed by atoms with Gasteiger partial charge in [0, 0.05) is 17.1 Å². The Kier molecular flexibility index (Phi) is 12.7. The molecule has 2 aliphatic rings. The fourth-order valence-corrected chi connectivity index (χ4v) is 10.2. The van der Waals surface area contributed by atoms with E-state index in [-0.39, 0.29) is 0 Å². The SMILES string of the molecule is CC.CC.CC.c1ccc(N(c2ccc(C3(c4ccccc4)c4ccccc4-c4ccccc43)cc2)c2ccc(C3(c4ccccc4)c4ccccc4-c4ccccc43)cc2)cc1. The summed E-state index contributed by atoms with van der Waals surface area (Å²) in [7, 11) is 0. The van der Waals surface area contributed by atoms with E-state index in [4.69, 9.17) is 0 Å². The first kappa shape index (κ1) is 42.5. The molecule has 0 bridgehead atoms. The van der Waals surface area contributed by atoms with Crippen molar-refractivity contribution in [1.82, 2.24) is 0 Å². The molecule has 11 rings (SSSR count). The zero-order valence-electron chi connectivity index (χ0n) is 37.5. The Morgan fingerprint density at radius 1 is 0.222 bits per heavy atom. The molecule has 0 heterocycles. The second kappa shape index (κ2) is 18.8.